The van der Waals surface area contributed by atoms with Crippen molar-refractivity contribution in [2.75, 3.05) is 23.7 Å². The van der Waals surface area contributed by atoms with E-state index in [-0.39, 0.29) is 11.6 Å². The minimum atomic E-state index is -0.202. The van der Waals surface area contributed by atoms with Crippen molar-refractivity contribution in [3.05, 3.63) is 89.3 Å². The summed E-state index contributed by atoms with van der Waals surface area (Å²) in [5.41, 5.74) is 8.89. The number of rotatable bonds is 5. The third-order valence-corrected chi connectivity index (χ3v) is 5.57. The van der Waals surface area contributed by atoms with Gasteiger partial charge in [-0.05, 0) is 49.6 Å². The Balaban J connectivity index is 1.67. The number of anilines is 2. The summed E-state index contributed by atoms with van der Waals surface area (Å²) in [5, 5.41) is 0. The summed E-state index contributed by atoms with van der Waals surface area (Å²) >= 11 is 0. The minimum absolute atomic E-state index is 0.202. The van der Waals surface area contributed by atoms with Gasteiger partial charge in [0.2, 0.25) is 5.78 Å². The summed E-state index contributed by atoms with van der Waals surface area (Å²) in [7, 11) is 0. The summed E-state index contributed by atoms with van der Waals surface area (Å²) in [5.74, 6) is 1.31. The number of nitrogens with zero attached hydrogens (tertiary/aromatic N) is 3. The maximum absolute atomic E-state index is 13.2. The Morgan fingerprint density at radius 1 is 1.13 bits per heavy atom. The monoisotopic (exact) mass is 398 g/mol. The van der Waals surface area contributed by atoms with E-state index in [1.54, 1.807) is 18.3 Å². The Morgan fingerprint density at radius 2 is 1.97 bits per heavy atom. The summed E-state index contributed by atoms with van der Waals surface area (Å²) in [6, 6.07) is 18.0. The number of nitrogens with two attached hydrogens (primary N) is 1. The summed E-state index contributed by atoms with van der Waals surface area (Å²) in [6.07, 6.45) is 7.65. The zero-order valence-corrected chi connectivity index (χ0v) is 17.2. The molecule has 3 aromatic rings. The van der Waals surface area contributed by atoms with Crippen molar-refractivity contribution in [1.82, 2.24) is 9.97 Å². The number of piperidine rings is 1. The Labute approximate surface area is 177 Å². The molecule has 1 aliphatic rings. The molecule has 1 saturated heterocycles. The summed E-state index contributed by atoms with van der Waals surface area (Å²) in [4.78, 5) is 24.4. The molecule has 4 rings (SSSR count). The largest absolute Gasteiger partial charge is 0.383 e. The average molecular weight is 399 g/mol. The van der Waals surface area contributed by atoms with Crippen LogP contribution in [0.4, 0.5) is 11.6 Å². The fourth-order valence-corrected chi connectivity index (χ4v) is 4.05. The number of benzene rings is 1. The molecule has 1 unspecified atom stereocenters. The molecule has 152 valence electrons. The van der Waals surface area contributed by atoms with Gasteiger partial charge in [-0.3, -0.25) is 4.79 Å². The van der Waals surface area contributed by atoms with Crippen molar-refractivity contribution >= 4 is 23.5 Å². The number of carbonyl (C=O) groups excluding carboxylic acids is 1. The van der Waals surface area contributed by atoms with Crippen LogP contribution in [0.3, 0.4) is 0 Å². The van der Waals surface area contributed by atoms with E-state index >= 15 is 0 Å². The predicted octanol–water partition coefficient (Wildman–Crippen LogP) is 4.71. The molecule has 0 saturated carbocycles. The highest BCUT2D eigenvalue weighted by Crippen LogP contribution is 2.30. The van der Waals surface area contributed by atoms with Crippen LogP contribution in [0, 0.1) is 0 Å². The molecular weight excluding hydrogens is 372 g/mol. The number of carbonyl (C=O) groups is 1. The van der Waals surface area contributed by atoms with Crippen LogP contribution in [0.25, 0.3) is 6.08 Å². The van der Waals surface area contributed by atoms with Gasteiger partial charge in [0.15, 0.2) is 0 Å². The van der Waals surface area contributed by atoms with Crippen molar-refractivity contribution in [2.24, 2.45) is 0 Å². The highest BCUT2D eigenvalue weighted by Gasteiger charge is 2.24. The minimum Gasteiger partial charge on any atom is -0.383 e. The number of nitrogen functional groups attached to an aromatic ring is 1. The number of hydrogen-bond donors (Lipinski definition) is 1. The lowest BCUT2D eigenvalue weighted by atomic mass is 9.90. The fourth-order valence-electron chi connectivity index (χ4n) is 4.05. The van der Waals surface area contributed by atoms with Gasteiger partial charge in [-0.1, -0.05) is 42.5 Å². The molecule has 2 N–H and O–H groups in total. The normalized spacial score (nSPS) is 16.7. The molecule has 1 aromatic carbocycles. The van der Waals surface area contributed by atoms with E-state index in [9.17, 15) is 4.79 Å². The lowest BCUT2D eigenvalue weighted by Crippen LogP contribution is -2.35. The molecule has 0 spiro atoms. The van der Waals surface area contributed by atoms with E-state index in [0.29, 0.717) is 17.2 Å². The van der Waals surface area contributed by atoms with Gasteiger partial charge in [0.05, 0.1) is 5.56 Å². The Hall–Kier alpha value is -3.47. The van der Waals surface area contributed by atoms with E-state index in [4.69, 9.17) is 10.7 Å². The topological polar surface area (TPSA) is 72.1 Å². The molecule has 0 amide bonds. The number of allylic oxidation sites excluding steroid dienone is 1. The van der Waals surface area contributed by atoms with Gasteiger partial charge < -0.3 is 10.6 Å². The van der Waals surface area contributed by atoms with Gasteiger partial charge in [0.1, 0.15) is 17.3 Å². The molecule has 2 aromatic heterocycles. The van der Waals surface area contributed by atoms with Gasteiger partial charge in [-0.15, -0.1) is 0 Å². The Bertz CT molecular complexity index is 1060. The first-order chi connectivity index (χ1) is 14.7. The van der Waals surface area contributed by atoms with E-state index < -0.39 is 0 Å². The van der Waals surface area contributed by atoms with Gasteiger partial charge in [0, 0.05) is 30.8 Å². The Kier molecular flexibility index (Phi) is 5.89. The van der Waals surface area contributed by atoms with Crippen molar-refractivity contribution < 1.29 is 4.79 Å². The molecule has 1 aliphatic heterocycles. The van der Waals surface area contributed by atoms with Crippen molar-refractivity contribution in [1.29, 1.82) is 0 Å². The second-order valence-corrected chi connectivity index (χ2v) is 7.57. The molecule has 1 fully saturated rings. The van der Waals surface area contributed by atoms with Crippen LogP contribution in [0.1, 0.15) is 52.9 Å². The van der Waals surface area contributed by atoms with Crippen LogP contribution in [-0.4, -0.2) is 28.8 Å². The van der Waals surface area contributed by atoms with E-state index in [1.807, 2.05) is 37.3 Å². The third kappa shape index (κ3) is 4.10. The van der Waals surface area contributed by atoms with Crippen LogP contribution < -0.4 is 10.6 Å². The molecule has 0 bridgehead atoms. The molecular formula is C25H26N4O. The lowest BCUT2D eigenvalue weighted by molar-refractivity contribution is 0.103. The smallest absolute Gasteiger partial charge is 0.215 e. The van der Waals surface area contributed by atoms with Crippen molar-refractivity contribution in [2.45, 2.75) is 25.7 Å². The highest BCUT2D eigenvalue weighted by atomic mass is 16.1. The number of hydrogen-bond acceptors (Lipinski definition) is 5. The van der Waals surface area contributed by atoms with Crippen molar-refractivity contribution in [3.63, 3.8) is 0 Å². The SMILES string of the molecule is C/C=C\c1ccc(N2CCCC(c3ccccc3)C2)nc1C(=O)c1cccnc1N. The van der Waals surface area contributed by atoms with Crippen LogP contribution in [0.5, 0.6) is 0 Å². The first-order valence-electron chi connectivity index (χ1n) is 10.4. The van der Waals surface area contributed by atoms with Gasteiger partial charge in [-0.25, -0.2) is 9.97 Å². The third-order valence-electron chi connectivity index (χ3n) is 5.57. The fraction of sp³-hybridized carbons (Fsp3) is 0.240. The molecule has 30 heavy (non-hydrogen) atoms. The van der Waals surface area contributed by atoms with Crippen LogP contribution in [0.15, 0.2) is 66.9 Å². The Morgan fingerprint density at radius 3 is 2.73 bits per heavy atom. The van der Waals surface area contributed by atoms with Gasteiger partial charge >= 0.3 is 0 Å². The second-order valence-electron chi connectivity index (χ2n) is 7.57. The zero-order chi connectivity index (χ0) is 20.9. The van der Waals surface area contributed by atoms with E-state index in [1.165, 1.54) is 5.56 Å². The first-order valence-corrected chi connectivity index (χ1v) is 10.4. The summed E-state index contributed by atoms with van der Waals surface area (Å²) in [6.45, 7) is 3.75. The first kappa shape index (κ1) is 19.8. The number of pyridine rings is 2. The average Bonchev–Trinajstić information content (AvgIpc) is 2.80. The highest BCUT2D eigenvalue weighted by molar-refractivity contribution is 6.12. The lowest BCUT2D eigenvalue weighted by Gasteiger charge is -2.34. The summed E-state index contributed by atoms with van der Waals surface area (Å²) < 4.78 is 0. The number of ketones is 1. The predicted molar refractivity (Wildman–Crippen MR) is 122 cm³/mol. The molecule has 1 atom stereocenters. The van der Waals surface area contributed by atoms with Crippen LogP contribution >= 0.6 is 0 Å². The standard InChI is InChI=1S/C25H26N4O/c1-2-8-19-13-14-22(28-23(19)24(30)21-12-6-15-27-25(21)26)29-16-7-11-20(17-29)18-9-4-3-5-10-18/h2-6,8-10,12-15,20H,7,11,16-17H2,1H3,(H2,26,27)/b8-2-. The molecule has 3 heterocycles. The van der Waals surface area contributed by atoms with E-state index in [2.05, 4.69) is 34.1 Å². The van der Waals surface area contributed by atoms with Gasteiger partial charge in [-0.2, -0.15) is 0 Å². The number of aromatic nitrogens is 2. The maximum Gasteiger partial charge on any atom is 0.215 e. The molecule has 0 aliphatic carbocycles. The molecule has 5 nitrogen and oxygen atoms in total. The molecule has 0 radical (unpaired) electrons. The van der Waals surface area contributed by atoms with Crippen molar-refractivity contribution in [3.8, 4) is 0 Å². The van der Waals surface area contributed by atoms with Crippen LogP contribution in [-0.2, 0) is 0 Å². The van der Waals surface area contributed by atoms with Crippen LogP contribution in [0.2, 0.25) is 0 Å². The molecule has 5 heteroatoms. The zero-order valence-electron chi connectivity index (χ0n) is 17.2. The van der Waals surface area contributed by atoms with E-state index in [0.717, 1.165) is 37.3 Å². The van der Waals surface area contributed by atoms with Gasteiger partial charge in [0.25, 0.3) is 0 Å². The maximum atomic E-state index is 13.2. The quantitative estimate of drug-likeness (QED) is 0.630. The second kappa shape index (κ2) is 8.91.